The number of hydrogen-bond acceptors (Lipinski definition) is 5. The third-order valence-corrected chi connectivity index (χ3v) is 5.13. The quantitative estimate of drug-likeness (QED) is 0.673. The lowest BCUT2D eigenvalue weighted by Crippen LogP contribution is -2.36. The third kappa shape index (κ3) is 5.33. The van der Waals surface area contributed by atoms with E-state index in [1.807, 2.05) is 37.3 Å². The van der Waals surface area contributed by atoms with Crippen LogP contribution in [0.25, 0.3) is 0 Å². The van der Waals surface area contributed by atoms with Crippen LogP contribution in [0.2, 0.25) is 0 Å². The fraction of sp³-hybridized carbons (Fsp3) is 0.348. The van der Waals surface area contributed by atoms with Crippen LogP contribution in [0.15, 0.2) is 47.6 Å². The largest absolute Gasteiger partial charge is 0.493 e. The first-order valence-electron chi connectivity index (χ1n) is 10.3. The lowest BCUT2D eigenvalue weighted by molar-refractivity contribution is -0.133. The molecule has 1 heterocycles. The Labute approximate surface area is 182 Å². The van der Waals surface area contributed by atoms with Gasteiger partial charge >= 0.3 is 6.03 Å². The Balaban J connectivity index is 1.88. The summed E-state index contributed by atoms with van der Waals surface area (Å²) in [7, 11) is 1.61. The van der Waals surface area contributed by atoms with Gasteiger partial charge in [0.25, 0.3) is 0 Å². The van der Waals surface area contributed by atoms with Crippen LogP contribution >= 0.6 is 0 Å². The van der Waals surface area contributed by atoms with E-state index in [0.717, 1.165) is 23.3 Å². The van der Waals surface area contributed by atoms with Crippen LogP contribution in [0.5, 0.6) is 11.5 Å². The van der Waals surface area contributed by atoms with Gasteiger partial charge in [-0.1, -0.05) is 19.1 Å². The van der Waals surface area contributed by atoms with Crippen LogP contribution in [-0.2, 0) is 11.3 Å². The van der Waals surface area contributed by atoms with Crippen molar-refractivity contribution >= 4 is 23.3 Å². The molecule has 3 amide bonds. The molecule has 164 valence electrons. The van der Waals surface area contributed by atoms with E-state index in [2.05, 4.69) is 12.2 Å². The van der Waals surface area contributed by atoms with Crippen LogP contribution in [0, 0.1) is 5.92 Å². The first-order chi connectivity index (χ1) is 14.9. The maximum Gasteiger partial charge on any atom is 0.316 e. The van der Waals surface area contributed by atoms with Crippen LogP contribution in [0.4, 0.5) is 10.5 Å². The van der Waals surface area contributed by atoms with Gasteiger partial charge in [0.2, 0.25) is 5.91 Å². The van der Waals surface area contributed by atoms with Gasteiger partial charge in [-0.3, -0.25) is 4.79 Å². The summed E-state index contributed by atoms with van der Waals surface area (Å²) in [6, 6.07) is 12.3. The second-order valence-electron chi connectivity index (χ2n) is 7.23. The molecule has 1 aliphatic rings. The Hall–Kier alpha value is -3.55. The van der Waals surface area contributed by atoms with E-state index < -0.39 is 6.03 Å². The Morgan fingerprint density at radius 1 is 1.19 bits per heavy atom. The van der Waals surface area contributed by atoms with Gasteiger partial charge in [-0.15, -0.1) is 0 Å². The third-order valence-electron chi connectivity index (χ3n) is 5.13. The van der Waals surface area contributed by atoms with E-state index in [1.54, 1.807) is 19.2 Å². The molecule has 8 nitrogen and oxygen atoms in total. The van der Waals surface area contributed by atoms with Crippen molar-refractivity contribution in [2.75, 3.05) is 19.0 Å². The smallest absolute Gasteiger partial charge is 0.316 e. The highest BCUT2D eigenvalue weighted by Crippen LogP contribution is 2.32. The summed E-state index contributed by atoms with van der Waals surface area (Å²) in [5, 5.41) is 8.75. The highest BCUT2D eigenvalue weighted by molar-refractivity contribution is 6.06. The second kappa shape index (κ2) is 9.97. The van der Waals surface area contributed by atoms with Crippen molar-refractivity contribution < 1.29 is 19.1 Å². The Morgan fingerprint density at radius 2 is 1.94 bits per heavy atom. The number of ether oxygens (including phenoxy) is 2. The molecule has 2 aromatic carbocycles. The lowest BCUT2D eigenvalue weighted by Gasteiger charge is -2.29. The van der Waals surface area contributed by atoms with Gasteiger partial charge in [0, 0.05) is 23.6 Å². The Morgan fingerprint density at radius 3 is 2.55 bits per heavy atom. The molecule has 1 unspecified atom stereocenters. The van der Waals surface area contributed by atoms with Crippen LogP contribution in [-0.4, -0.2) is 36.4 Å². The molecule has 0 bridgehead atoms. The van der Waals surface area contributed by atoms with Crippen molar-refractivity contribution in [2.24, 2.45) is 16.8 Å². The minimum atomic E-state index is -0.621. The zero-order chi connectivity index (χ0) is 22.4. The average Bonchev–Trinajstić information content (AvgIpc) is 2.76. The van der Waals surface area contributed by atoms with E-state index >= 15 is 0 Å². The van der Waals surface area contributed by atoms with Crippen LogP contribution in [0.1, 0.15) is 37.8 Å². The number of nitrogens with two attached hydrogens (primary N) is 1. The van der Waals surface area contributed by atoms with Gasteiger partial charge in [-0.25, -0.2) is 9.80 Å². The molecule has 0 radical (unpaired) electrons. The topological polar surface area (TPSA) is 106 Å². The van der Waals surface area contributed by atoms with Gasteiger partial charge in [-0.2, -0.15) is 5.10 Å². The Bertz CT molecular complexity index is 972. The van der Waals surface area contributed by atoms with Crippen molar-refractivity contribution in [3.63, 3.8) is 0 Å². The molecular formula is C23H28N4O4. The predicted octanol–water partition coefficient (Wildman–Crippen LogP) is 3.75. The number of urea groups is 1. The maximum atomic E-state index is 12.7. The van der Waals surface area contributed by atoms with Gasteiger partial charge < -0.3 is 20.5 Å². The Kier molecular flexibility index (Phi) is 7.12. The summed E-state index contributed by atoms with van der Waals surface area (Å²) in [4.78, 5) is 23.7. The first kappa shape index (κ1) is 22.1. The number of carbonyl (C=O) groups excluding carboxylic acids is 2. The van der Waals surface area contributed by atoms with E-state index in [9.17, 15) is 9.59 Å². The summed E-state index contributed by atoms with van der Waals surface area (Å²) in [6.07, 6.45) is 1.20. The molecule has 3 rings (SSSR count). The fourth-order valence-corrected chi connectivity index (χ4v) is 3.55. The number of nitrogens with one attached hydrogen (secondary N) is 1. The van der Waals surface area contributed by atoms with Crippen molar-refractivity contribution in [3.05, 3.63) is 53.6 Å². The number of primary amides is 1. The van der Waals surface area contributed by atoms with Crippen molar-refractivity contribution in [2.45, 2.75) is 33.2 Å². The maximum absolute atomic E-state index is 12.7. The number of benzene rings is 2. The predicted molar refractivity (Wildman–Crippen MR) is 119 cm³/mol. The molecule has 8 heteroatoms. The first-order valence-corrected chi connectivity index (χ1v) is 10.3. The van der Waals surface area contributed by atoms with Crippen LogP contribution < -0.4 is 20.5 Å². The second-order valence-corrected chi connectivity index (χ2v) is 7.23. The van der Waals surface area contributed by atoms with Crippen molar-refractivity contribution in [1.82, 2.24) is 5.01 Å². The molecule has 2 aromatic rings. The number of anilines is 1. The highest BCUT2D eigenvalue weighted by Gasteiger charge is 2.29. The number of amides is 3. The highest BCUT2D eigenvalue weighted by atomic mass is 16.5. The van der Waals surface area contributed by atoms with Gasteiger partial charge in [-0.05, 0) is 49.2 Å². The number of nitrogens with zero attached hydrogens (tertiary/aromatic N) is 2. The van der Waals surface area contributed by atoms with E-state index in [-0.39, 0.29) is 11.8 Å². The summed E-state index contributed by atoms with van der Waals surface area (Å²) in [5.74, 6) is 1.33. The molecule has 1 atom stereocenters. The SMILES string of the molecule is CCOc1cc(C2=NN(Cc3ccc(NC(N)=O)cc3)C(=O)CC2CC)ccc1OC. The van der Waals surface area contributed by atoms with E-state index in [0.29, 0.717) is 36.8 Å². The summed E-state index contributed by atoms with van der Waals surface area (Å²) in [6.45, 7) is 4.84. The van der Waals surface area contributed by atoms with Crippen molar-refractivity contribution in [1.29, 1.82) is 0 Å². The van der Waals surface area contributed by atoms with E-state index in [1.165, 1.54) is 5.01 Å². The standard InChI is InChI=1S/C23H28N4O4/c1-4-16-13-21(28)27(14-15-6-9-18(10-7-15)25-23(24)29)26-22(16)17-8-11-19(30-3)20(12-17)31-5-2/h6-12,16H,4-5,13-14H2,1-3H3,(H3,24,25,29). The molecule has 0 saturated carbocycles. The molecule has 3 N–H and O–H groups in total. The molecule has 1 aliphatic heterocycles. The number of carbonyl (C=O) groups is 2. The van der Waals surface area contributed by atoms with Gasteiger partial charge in [0.05, 0.1) is 26.0 Å². The molecule has 0 fully saturated rings. The molecule has 0 aromatic heterocycles. The molecular weight excluding hydrogens is 396 g/mol. The zero-order valence-electron chi connectivity index (χ0n) is 18.1. The lowest BCUT2D eigenvalue weighted by atomic mass is 9.89. The average molecular weight is 425 g/mol. The molecule has 0 aliphatic carbocycles. The minimum absolute atomic E-state index is 0.0199. The summed E-state index contributed by atoms with van der Waals surface area (Å²) in [5.41, 5.74) is 8.40. The molecule has 0 spiro atoms. The van der Waals surface area contributed by atoms with Crippen LogP contribution in [0.3, 0.4) is 0 Å². The number of rotatable bonds is 8. The normalized spacial score (nSPS) is 16.0. The van der Waals surface area contributed by atoms with Gasteiger partial charge in [0.1, 0.15) is 0 Å². The number of methoxy groups -OCH3 is 1. The number of hydrazone groups is 1. The minimum Gasteiger partial charge on any atom is -0.493 e. The van der Waals surface area contributed by atoms with E-state index in [4.69, 9.17) is 20.3 Å². The summed E-state index contributed by atoms with van der Waals surface area (Å²) >= 11 is 0. The molecule has 31 heavy (non-hydrogen) atoms. The van der Waals surface area contributed by atoms with Gasteiger partial charge in [0.15, 0.2) is 11.5 Å². The monoisotopic (exact) mass is 424 g/mol. The zero-order valence-corrected chi connectivity index (χ0v) is 18.1. The summed E-state index contributed by atoms with van der Waals surface area (Å²) < 4.78 is 11.1. The fourth-order valence-electron chi connectivity index (χ4n) is 3.55. The van der Waals surface area contributed by atoms with Crippen molar-refractivity contribution in [3.8, 4) is 11.5 Å². The molecule has 0 saturated heterocycles. The number of hydrogen-bond donors (Lipinski definition) is 2.